The Balaban J connectivity index is 1.58. The number of hydrogen-bond acceptors (Lipinski definition) is 3. The molecule has 22 heavy (non-hydrogen) atoms. The molecule has 116 valence electrons. The van der Waals surface area contributed by atoms with Gasteiger partial charge in [-0.05, 0) is 49.5 Å². The van der Waals surface area contributed by atoms with Crippen molar-refractivity contribution in [3.8, 4) is 0 Å². The number of amides is 2. The van der Waals surface area contributed by atoms with Gasteiger partial charge in [-0.1, -0.05) is 24.3 Å². The first-order valence-corrected chi connectivity index (χ1v) is 8.58. The molecule has 1 saturated heterocycles. The second-order valence-electron chi connectivity index (χ2n) is 5.48. The van der Waals surface area contributed by atoms with E-state index in [2.05, 4.69) is 33.0 Å². The van der Waals surface area contributed by atoms with Gasteiger partial charge in [-0.25, -0.2) is 4.79 Å². The van der Waals surface area contributed by atoms with E-state index >= 15 is 0 Å². The van der Waals surface area contributed by atoms with Crippen LogP contribution in [0, 0.1) is 0 Å². The highest BCUT2D eigenvalue weighted by Crippen LogP contribution is 2.27. The smallest absolute Gasteiger partial charge is 0.319 e. The second kappa shape index (κ2) is 7.42. The van der Waals surface area contributed by atoms with Gasteiger partial charge in [0.2, 0.25) is 0 Å². The summed E-state index contributed by atoms with van der Waals surface area (Å²) in [6, 6.07) is 13.9. The van der Waals surface area contributed by atoms with Crippen molar-refractivity contribution in [1.82, 2.24) is 10.2 Å². The molecular weight excluding hydrogens is 294 g/mol. The third kappa shape index (κ3) is 3.87. The number of rotatable bonds is 5. The standard InChI is InChI=1S/C17H21N3OS/c21-17(19-14-7-2-1-3-8-14)18-13-15(16-9-6-12-22-16)20-10-4-5-11-20/h1-3,6-9,12,15H,4-5,10-11,13H2,(H2,18,19,21)/t15-/m0/s1. The van der Waals surface area contributed by atoms with E-state index in [0.717, 1.165) is 18.8 Å². The number of nitrogens with zero attached hydrogens (tertiary/aromatic N) is 1. The highest BCUT2D eigenvalue weighted by Gasteiger charge is 2.24. The van der Waals surface area contributed by atoms with Crippen LogP contribution in [0.3, 0.4) is 0 Å². The molecule has 2 amide bonds. The molecule has 0 saturated carbocycles. The monoisotopic (exact) mass is 315 g/mol. The van der Waals surface area contributed by atoms with Crippen LogP contribution in [-0.4, -0.2) is 30.6 Å². The van der Waals surface area contributed by atoms with E-state index in [1.165, 1.54) is 17.7 Å². The fourth-order valence-corrected chi connectivity index (χ4v) is 3.69. The maximum Gasteiger partial charge on any atom is 0.319 e. The zero-order valence-corrected chi connectivity index (χ0v) is 13.3. The Bertz CT molecular complexity index is 579. The molecule has 1 atom stereocenters. The topological polar surface area (TPSA) is 44.4 Å². The summed E-state index contributed by atoms with van der Waals surface area (Å²) in [6.45, 7) is 2.87. The van der Waals surface area contributed by atoms with E-state index in [4.69, 9.17) is 0 Å². The van der Waals surface area contributed by atoms with Crippen LogP contribution in [0.15, 0.2) is 47.8 Å². The summed E-state index contributed by atoms with van der Waals surface area (Å²) in [7, 11) is 0. The van der Waals surface area contributed by atoms with E-state index in [-0.39, 0.29) is 12.1 Å². The Hall–Kier alpha value is -1.85. The van der Waals surface area contributed by atoms with Crippen LogP contribution < -0.4 is 10.6 Å². The van der Waals surface area contributed by atoms with Gasteiger partial charge >= 0.3 is 6.03 Å². The lowest BCUT2D eigenvalue weighted by Crippen LogP contribution is -2.38. The molecule has 0 spiro atoms. The molecule has 4 nitrogen and oxygen atoms in total. The number of benzene rings is 1. The Morgan fingerprint density at radius 1 is 1.14 bits per heavy atom. The average Bonchev–Trinajstić information content (AvgIpc) is 3.22. The van der Waals surface area contributed by atoms with Crippen LogP contribution in [0.5, 0.6) is 0 Å². The molecule has 1 aliphatic heterocycles. The van der Waals surface area contributed by atoms with Gasteiger partial charge in [0.05, 0.1) is 6.04 Å². The fourth-order valence-electron chi connectivity index (χ4n) is 2.83. The van der Waals surface area contributed by atoms with Crippen molar-refractivity contribution in [2.24, 2.45) is 0 Å². The molecule has 2 aromatic rings. The Labute approximate surface area is 135 Å². The highest BCUT2D eigenvalue weighted by molar-refractivity contribution is 7.10. The van der Waals surface area contributed by atoms with Crippen LogP contribution in [0.1, 0.15) is 23.8 Å². The molecule has 0 bridgehead atoms. The van der Waals surface area contributed by atoms with Gasteiger partial charge in [-0.15, -0.1) is 11.3 Å². The molecular formula is C17H21N3OS. The lowest BCUT2D eigenvalue weighted by molar-refractivity contribution is 0.229. The molecule has 2 N–H and O–H groups in total. The molecule has 5 heteroatoms. The molecule has 0 unspecified atom stereocenters. The minimum Gasteiger partial charge on any atom is -0.336 e. The van der Waals surface area contributed by atoms with Crippen LogP contribution in [0.4, 0.5) is 10.5 Å². The van der Waals surface area contributed by atoms with Crippen molar-refractivity contribution in [2.45, 2.75) is 18.9 Å². The number of thiophene rings is 1. The molecule has 2 heterocycles. The third-order valence-electron chi connectivity index (χ3n) is 3.94. The predicted octanol–water partition coefficient (Wildman–Crippen LogP) is 3.71. The first-order chi connectivity index (χ1) is 10.8. The summed E-state index contributed by atoms with van der Waals surface area (Å²) in [6.07, 6.45) is 2.50. The van der Waals surface area contributed by atoms with Gasteiger partial charge in [0.25, 0.3) is 0 Å². The van der Waals surface area contributed by atoms with Crippen LogP contribution in [0.2, 0.25) is 0 Å². The van der Waals surface area contributed by atoms with E-state index in [1.54, 1.807) is 11.3 Å². The van der Waals surface area contributed by atoms with Crippen molar-refractivity contribution >= 4 is 23.1 Å². The fraction of sp³-hybridized carbons (Fsp3) is 0.353. The molecule has 1 aromatic heterocycles. The molecule has 1 fully saturated rings. The van der Waals surface area contributed by atoms with E-state index < -0.39 is 0 Å². The number of carbonyl (C=O) groups is 1. The molecule has 3 rings (SSSR count). The summed E-state index contributed by atoms with van der Waals surface area (Å²) in [5.74, 6) is 0. The van der Waals surface area contributed by atoms with E-state index in [9.17, 15) is 4.79 Å². The second-order valence-corrected chi connectivity index (χ2v) is 6.45. The van der Waals surface area contributed by atoms with E-state index in [1.807, 2.05) is 30.3 Å². The zero-order valence-electron chi connectivity index (χ0n) is 12.5. The number of urea groups is 1. The minimum atomic E-state index is -0.146. The van der Waals surface area contributed by atoms with Crippen LogP contribution >= 0.6 is 11.3 Å². The lowest BCUT2D eigenvalue weighted by atomic mass is 10.2. The first kappa shape index (κ1) is 15.1. The summed E-state index contributed by atoms with van der Waals surface area (Å²) < 4.78 is 0. The first-order valence-electron chi connectivity index (χ1n) is 7.70. The maximum atomic E-state index is 12.1. The van der Waals surface area contributed by atoms with Gasteiger partial charge in [0.15, 0.2) is 0 Å². The largest absolute Gasteiger partial charge is 0.336 e. The minimum absolute atomic E-state index is 0.146. The summed E-state index contributed by atoms with van der Waals surface area (Å²) in [4.78, 5) is 15.9. The summed E-state index contributed by atoms with van der Waals surface area (Å²) in [5, 5.41) is 7.98. The molecule has 1 aromatic carbocycles. The van der Waals surface area contributed by atoms with Crippen molar-refractivity contribution in [2.75, 3.05) is 25.0 Å². The molecule has 0 radical (unpaired) electrons. The lowest BCUT2D eigenvalue weighted by Gasteiger charge is -2.26. The number of carbonyl (C=O) groups excluding carboxylic acids is 1. The van der Waals surface area contributed by atoms with Crippen molar-refractivity contribution in [3.63, 3.8) is 0 Å². The number of hydrogen-bond donors (Lipinski definition) is 2. The Morgan fingerprint density at radius 3 is 2.59 bits per heavy atom. The number of para-hydroxylation sites is 1. The number of likely N-dealkylation sites (tertiary alicyclic amines) is 1. The Morgan fingerprint density at radius 2 is 1.91 bits per heavy atom. The van der Waals surface area contributed by atoms with Crippen molar-refractivity contribution in [1.29, 1.82) is 0 Å². The normalized spacial score (nSPS) is 16.4. The maximum absolute atomic E-state index is 12.1. The van der Waals surface area contributed by atoms with Gasteiger partial charge in [0.1, 0.15) is 0 Å². The predicted molar refractivity (Wildman–Crippen MR) is 91.3 cm³/mol. The van der Waals surface area contributed by atoms with Crippen molar-refractivity contribution < 1.29 is 4.79 Å². The highest BCUT2D eigenvalue weighted by atomic mass is 32.1. The van der Waals surface area contributed by atoms with Crippen molar-refractivity contribution in [3.05, 3.63) is 52.7 Å². The average molecular weight is 315 g/mol. The quantitative estimate of drug-likeness (QED) is 0.883. The SMILES string of the molecule is O=C(NC[C@@H](c1cccs1)N1CCCC1)Nc1ccccc1. The molecule has 0 aliphatic carbocycles. The van der Waals surface area contributed by atoms with E-state index in [0.29, 0.717) is 6.54 Å². The summed E-state index contributed by atoms with van der Waals surface area (Å²) >= 11 is 1.76. The van der Waals surface area contributed by atoms with Crippen LogP contribution in [0.25, 0.3) is 0 Å². The number of nitrogens with one attached hydrogen (secondary N) is 2. The third-order valence-corrected chi connectivity index (χ3v) is 4.91. The van der Waals surface area contributed by atoms with Gasteiger partial charge in [-0.3, -0.25) is 4.90 Å². The Kier molecular flexibility index (Phi) is 5.08. The van der Waals surface area contributed by atoms with Gasteiger partial charge in [-0.2, -0.15) is 0 Å². The van der Waals surface area contributed by atoms with Gasteiger partial charge in [0, 0.05) is 17.1 Å². The molecule has 1 aliphatic rings. The van der Waals surface area contributed by atoms with Gasteiger partial charge < -0.3 is 10.6 Å². The zero-order chi connectivity index (χ0) is 15.2. The van der Waals surface area contributed by atoms with Crippen LogP contribution in [-0.2, 0) is 0 Å². The number of anilines is 1. The summed E-state index contributed by atoms with van der Waals surface area (Å²) in [5.41, 5.74) is 0.814.